The number of carbonyl (C=O) groups excluding carboxylic acids is 2. The van der Waals surface area contributed by atoms with Crippen LogP contribution in [-0.4, -0.2) is 80.6 Å². The third-order valence-electron chi connectivity index (χ3n) is 9.67. The fourth-order valence-electron chi connectivity index (χ4n) is 6.06. The number of unbranched alkanes of at least 4 members (excludes halogenated alkanes) is 8. The SMILES string of the molecule is CC/C=C/C/C=C/C/C=C/C/C=C/C/C=C/CCC(=O)OCC(COCCC(C(=O)O)[N+](C)(C)C)OC(=O)CCCCCCC/C=C/C/C=C/C/C=C/C/C=C/CCCCC. The molecule has 0 aromatic rings. The quantitative estimate of drug-likeness (QED) is 0.0284. The van der Waals surface area contributed by atoms with Crippen molar-refractivity contribution in [1.82, 2.24) is 0 Å². The number of carboxylic acids is 1. The van der Waals surface area contributed by atoms with Crippen LogP contribution in [0.2, 0.25) is 0 Å². The van der Waals surface area contributed by atoms with Crippen molar-refractivity contribution in [2.24, 2.45) is 0 Å². The minimum atomic E-state index is -0.893. The number of likely N-dealkylation sites (N-methyl/N-ethyl adjacent to an activating group) is 1. The average molecular weight is 849 g/mol. The second kappa shape index (κ2) is 42.7. The molecule has 0 spiro atoms. The van der Waals surface area contributed by atoms with E-state index in [1.807, 2.05) is 33.3 Å². The summed E-state index contributed by atoms with van der Waals surface area (Å²) in [5, 5.41) is 9.63. The van der Waals surface area contributed by atoms with Gasteiger partial charge in [0.15, 0.2) is 12.1 Å². The maximum absolute atomic E-state index is 12.8. The van der Waals surface area contributed by atoms with E-state index in [-0.39, 0.29) is 49.1 Å². The number of esters is 2. The van der Waals surface area contributed by atoms with Crippen molar-refractivity contribution in [2.75, 3.05) is 41.0 Å². The Hall–Kier alpha value is -4.01. The van der Waals surface area contributed by atoms with Crippen molar-refractivity contribution >= 4 is 17.9 Å². The minimum Gasteiger partial charge on any atom is -0.477 e. The Morgan fingerprint density at radius 3 is 1.43 bits per heavy atom. The number of allylic oxidation sites excluding steroid dienone is 18. The van der Waals surface area contributed by atoms with Crippen LogP contribution in [0.4, 0.5) is 0 Å². The van der Waals surface area contributed by atoms with Crippen LogP contribution in [0.15, 0.2) is 109 Å². The van der Waals surface area contributed by atoms with Crippen molar-refractivity contribution in [3.63, 3.8) is 0 Å². The summed E-state index contributed by atoms with van der Waals surface area (Å²) >= 11 is 0. The molecule has 0 saturated carbocycles. The van der Waals surface area contributed by atoms with E-state index in [9.17, 15) is 19.5 Å². The van der Waals surface area contributed by atoms with Gasteiger partial charge in [-0.1, -0.05) is 155 Å². The van der Waals surface area contributed by atoms with E-state index in [4.69, 9.17) is 14.2 Å². The summed E-state index contributed by atoms with van der Waals surface area (Å²) in [6.45, 7) is 4.47. The fourth-order valence-corrected chi connectivity index (χ4v) is 6.06. The molecule has 0 aromatic carbocycles. The van der Waals surface area contributed by atoms with Crippen molar-refractivity contribution in [3.8, 4) is 0 Å². The van der Waals surface area contributed by atoms with E-state index in [2.05, 4.69) is 111 Å². The lowest BCUT2D eigenvalue weighted by Gasteiger charge is -2.31. The zero-order valence-corrected chi connectivity index (χ0v) is 39.1. The molecule has 0 heterocycles. The summed E-state index contributed by atoms with van der Waals surface area (Å²) in [6, 6.07) is -0.636. The fraction of sp³-hybridized carbons (Fsp3) is 0.604. The van der Waals surface area contributed by atoms with Gasteiger partial charge in [-0.05, 0) is 89.9 Å². The molecule has 0 saturated heterocycles. The van der Waals surface area contributed by atoms with Gasteiger partial charge in [-0.2, -0.15) is 0 Å². The number of carboxylic acid groups (broad SMARTS) is 1. The number of carbonyl (C=O) groups is 3. The normalized spacial score (nSPS) is 13.9. The number of ether oxygens (including phenoxy) is 3. The predicted octanol–water partition coefficient (Wildman–Crippen LogP) is 13.2. The Labute approximate surface area is 372 Å². The first-order valence-electron chi connectivity index (χ1n) is 23.4. The summed E-state index contributed by atoms with van der Waals surface area (Å²) in [4.78, 5) is 37.0. The highest BCUT2D eigenvalue weighted by Crippen LogP contribution is 2.12. The first kappa shape index (κ1) is 57.0. The van der Waals surface area contributed by atoms with Crippen molar-refractivity contribution in [3.05, 3.63) is 109 Å². The van der Waals surface area contributed by atoms with E-state index in [1.54, 1.807) is 0 Å². The number of hydrogen-bond acceptors (Lipinski definition) is 6. The maximum Gasteiger partial charge on any atom is 0.362 e. The van der Waals surface area contributed by atoms with Gasteiger partial charge in [-0.3, -0.25) is 9.59 Å². The highest BCUT2D eigenvalue weighted by Gasteiger charge is 2.31. The van der Waals surface area contributed by atoms with Gasteiger partial charge >= 0.3 is 17.9 Å². The molecule has 0 aromatic heterocycles. The lowest BCUT2D eigenvalue weighted by Crippen LogP contribution is -2.50. The highest BCUT2D eigenvalue weighted by atomic mass is 16.6. The minimum absolute atomic E-state index is 0.0226. The van der Waals surface area contributed by atoms with Gasteiger partial charge in [0.25, 0.3) is 0 Å². The Kier molecular flexibility index (Phi) is 39.9. The van der Waals surface area contributed by atoms with Crippen LogP contribution < -0.4 is 0 Å². The summed E-state index contributed by atoms with van der Waals surface area (Å²) in [5.74, 6) is -1.61. The van der Waals surface area contributed by atoms with Crippen LogP contribution in [0.3, 0.4) is 0 Å². The molecule has 344 valence electrons. The van der Waals surface area contributed by atoms with Crippen LogP contribution >= 0.6 is 0 Å². The van der Waals surface area contributed by atoms with Crippen molar-refractivity contribution in [1.29, 1.82) is 0 Å². The van der Waals surface area contributed by atoms with Crippen LogP contribution in [0.1, 0.15) is 155 Å². The molecule has 2 unspecified atom stereocenters. The second-order valence-electron chi connectivity index (χ2n) is 16.3. The molecule has 0 rings (SSSR count). The molecule has 2 atom stereocenters. The smallest absolute Gasteiger partial charge is 0.362 e. The van der Waals surface area contributed by atoms with Gasteiger partial charge in [0, 0.05) is 19.3 Å². The molecule has 0 amide bonds. The molecular weight excluding hydrogens is 763 g/mol. The third kappa shape index (κ3) is 41.1. The molecule has 0 radical (unpaired) electrons. The molecule has 0 bridgehead atoms. The topological polar surface area (TPSA) is 99.1 Å². The standard InChI is InChI=1S/C53H85NO7/c1-6-8-10-12-14-16-18-20-22-24-25-26-27-28-30-32-34-36-38-40-42-44-52(56)61-49(47-59-46-45-50(53(57)58)54(3,4)5)48-60-51(55)43-41-39-37-35-33-31-29-23-21-19-17-15-13-11-9-7-2/h9,11,14-17,20-23,25-26,28,30-31,33,37,39,49-50H,6-8,10,12-13,18-19,24,27,29,32,34-36,38,40-48H2,1-5H3/p+1/b11-9+,16-14+,17-15+,22-20+,23-21+,26-25+,30-28+,33-31+,39-37+. The average Bonchev–Trinajstić information content (AvgIpc) is 3.22. The van der Waals surface area contributed by atoms with Crippen LogP contribution in [0, 0.1) is 0 Å². The zero-order valence-electron chi connectivity index (χ0n) is 39.1. The first-order chi connectivity index (χ1) is 29.6. The number of nitrogens with zero attached hydrogens (tertiary/aromatic N) is 1. The van der Waals surface area contributed by atoms with Crippen LogP contribution in [0.5, 0.6) is 0 Å². The van der Waals surface area contributed by atoms with Crippen LogP contribution in [-0.2, 0) is 28.6 Å². The predicted molar refractivity (Wildman–Crippen MR) is 256 cm³/mol. The van der Waals surface area contributed by atoms with E-state index in [1.165, 1.54) is 25.7 Å². The Balaban J connectivity index is 4.47. The lowest BCUT2D eigenvalue weighted by atomic mass is 10.1. The molecular formula is C53H86NO7+. The summed E-state index contributed by atoms with van der Waals surface area (Å²) in [5.41, 5.74) is 0. The number of hydrogen-bond donors (Lipinski definition) is 1. The van der Waals surface area contributed by atoms with Crippen molar-refractivity contribution < 1.29 is 38.2 Å². The Bertz CT molecular complexity index is 1360. The highest BCUT2D eigenvalue weighted by molar-refractivity contribution is 5.72. The molecule has 0 aliphatic carbocycles. The van der Waals surface area contributed by atoms with E-state index < -0.39 is 18.1 Å². The van der Waals surface area contributed by atoms with Crippen molar-refractivity contribution in [2.45, 2.75) is 167 Å². The van der Waals surface area contributed by atoms with Gasteiger partial charge in [0.2, 0.25) is 0 Å². The second-order valence-corrected chi connectivity index (χ2v) is 16.3. The molecule has 1 N–H and O–H groups in total. The van der Waals surface area contributed by atoms with E-state index in [0.717, 1.165) is 89.9 Å². The first-order valence-corrected chi connectivity index (χ1v) is 23.4. The number of quaternary nitrogens is 1. The lowest BCUT2D eigenvalue weighted by molar-refractivity contribution is -0.887. The Morgan fingerprint density at radius 2 is 0.951 bits per heavy atom. The van der Waals surface area contributed by atoms with Gasteiger partial charge in [-0.25, -0.2) is 4.79 Å². The van der Waals surface area contributed by atoms with Gasteiger partial charge in [0.1, 0.15) is 6.61 Å². The van der Waals surface area contributed by atoms with Gasteiger partial charge in [0.05, 0.1) is 34.4 Å². The summed E-state index contributed by atoms with van der Waals surface area (Å²) < 4.78 is 17.2. The van der Waals surface area contributed by atoms with E-state index >= 15 is 0 Å². The molecule has 0 fully saturated rings. The zero-order chi connectivity index (χ0) is 44.9. The molecule has 8 nitrogen and oxygen atoms in total. The van der Waals surface area contributed by atoms with Crippen LogP contribution in [0.25, 0.3) is 0 Å². The monoisotopic (exact) mass is 849 g/mol. The summed E-state index contributed by atoms with van der Waals surface area (Å²) in [6.07, 6.45) is 58.6. The number of aliphatic carboxylic acids is 1. The van der Waals surface area contributed by atoms with E-state index in [0.29, 0.717) is 12.8 Å². The Morgan fingerprint density at radius 1 is 0.508 bits per heavy atom. The molecule has 0 aliphatic heterocycles. The van der Waals surface area contributed by atoms with Gasteiger partial charge in [-0.15, -0.1) is 0 Å². The van der Waals surface area contributed by atoms with Gasteiger partial charge < -0.3 is 23.8 Å². The molecule has 0 aliphatic rings. The third-order valence-corrected chi connectivity index (χ3v) is 9.67. The summed E-state index contributed by atoms with van der Waals surface area (Å²) in [7, 11) is 5.49. The largest absolute Gasteiger partial charge is 0.477 e. The molecule has 8 heteroatoms. The maximum atomic E-state index is 12.8. The molecule has 61 heavy (non-hydrogen) atoms. The number of rotatable bonds is 40.